The summed E-state index contributed by atoms with van der Waals surface area (Å²) in [6.45, 7) is 1.41. The molecule has 1 aliphatic rings. The van der Waals surface area contributed by atoms with E-state index in [1.807, 2.05) is 0 Å². The topological polar surface area (TPSA) is 47.3 Å². The fourth-order valence-electron chi connectivity index (χ4n) is 2.42. The smallest absolute Gasteiger partial charge is 0.126 e. The van der Waals surface area contributed by atoms with E-state index in [9.17, 15) is 8.78 Å². The Bertz CT molecular complexity index is 395. The van der Waals surface area contributed by atoms with E-state index in [0.29, 0.717) is 31.1 Å². The molecule has 5 heteroatoms. The van der Waals surface area contributed by atoms with Crippen molar-refractivity contribution in [1.29, 1.82) is 0 Å². The molecule has 3 N–H and O–H groups in total. The standard InChI is InChI=1S/C13H18F2N2O/c14-11-1-2-12(15)10(7-11)8-13(17-16)9-3-5-18-6-4-9/h1-2,7,9,13,17H,3-6,8,16H2. The molecule has 1 heterocycles. The molecule has 1 fully saturated rings. The number of rotatable bonds is 4. The summed E-state index contributed by atoms with van der Waals surface area (Å²) in [5.74, 6) is 5.06. The molecule has 1 aromatic carbocycles. The van der Waals surface area contributed by atoms with Crippen LogP contribution in [0.15, 0.2) is 18.2 Å². The molecule has 0 radical (unpaired) electrons. The largest absolute Gasteiger partial charge is 0.381 e. The van der Waals surface area contributed by atoms with Gasteiger partial charge in [-0.05, 0) is 48.9 Å². The molecule has 0 spiro atoms. The molecule has 3 nitrogen and oxygen atoms in total. The molecule has 1 atom stereocenters. The first-order chi connectivity index (χ1) is 8.70. The zero-order valence-electron chi connectivity index (χ0n) is 10.2. The van der Waals surface area contributed by atoms with Crippen molar-refractivity contribution in [1.82, 2.24) is 5.43 Å². The zero-order chi connectivity index (χ0) is 13.0. The highest BCUT2D eigenvalue weighted by Gasteiger charge is 2.24. The maximum absolute atomic E-state index is 13.6. The zero-order valence-corrected chi connectivity index (χ0v) is 10.2. The van der Waals surface area contributed by atoms with E-state index in [2.05, 4.69) is 5.43 Å². The van der Waals surface area contributed by atoms with E-state index >= 15 is 0 Å². The van der Waals surface area contributed by atoms with Crippen molar-refractivity contribution < 1.29 is 13.5 Å². The second-order valence-corrected chi connectivity index (χ2v) is 4.66. The second-order valence-electron chi connectivity index (χ2n) is 4.66. The van der Waals surface area contributed by atoms with Crippen LogP contribution in [0.5, 0.6) is 0 Å². The highest BCUT2D eigenvalue weighted by Crippen LogP contribution is 2.22. The van der Waals surface area contributed by atoms with Crippen molar-refractivity contribution in [3.05, 3.63) is 35.4 Å². The highest BCUT2D eigenvalue weighted by molar-refractivity contribution is 5.20. The molecule has 100 valence electrons. The Morgan fingerprint density at radius 3 is 2.72 bits per heavy atom. The van der Waals surface area contributed by atoms with Gasteiger partial charge in [0, 0.05) is 19.3 Å². The first-order valence-electron chi connectivity index (χ1n) is 6.18. The van der Waals surface area contributed by atoms with E-state index in [-0.39, 0.29) is 11.9 Å². The molecule has 0 saturated carbocycles. The lowest BCUT2D eigenvalue weighted by Gasteiger charge is -2.30. The fraction of sp³-hybridized carbons (Fsp3) is 0.538. The summed E-state index contributed by atoms with van der Waals surface area (Å²) >= 11 is 0. The Kier molecular flexibility index (Phi) is 4.63. The predicted octanol–water partition coefficient (Wildman–Crippen LogP) is 1.77. The van der Waals surface area contributed by atoms with Gasteiger partial charge >= 0.3 is 0 Å². The fourth-order valence-corrected chi connectivity index (χ4v) is 2.42. The Labute approximate surface area is 105 Å². The van der Waals surface area contributed by atoms with Crippen LogP contribution in [0.3, 0.4) is 0 Å². The van der Waals surface area contributed by atoms with Crippen LogP contribution in [-0.4, -0.2) is 19.3 Å². The summed E-state index contributed by atoms with van der Waals surface area (Å²) in [7, 11) is 0. The number of benzene rings is 1. The molecule has 0 aliphatic carbocycles. The van der Waals surface area contributed by atoms with Gasteiger partial charge in [0.2, 0.25) is 0 Å². The van der Waals surface area contributed by atoms with Crippen molar-refractivity contribution in [2.45, 2.75) is 25.3 Å². The van der Waals surface area contributed by atoms with Gasteiger partial charge in [0.05, 0.1) is 0 Å². The summed E-state index contributed by atoms with van der Waals surface area (Å²) in [5.41, 5.74) is 3.09. The molecular formula is C13H18F2N2O. The number of hydrogen-bond donors (Lipinski definition) is 2. The SMILES string of the molecule is NNC(Cc1cc(F)ccc1F)C1CCOCC1. The van der Waals surface area contributed by atoms with Gasteiger partial charge in [-0.2, -0.15) is 0 Å². The third kappa shape index (κ3) is 3.25. The van der Waals surface area contributed by atoms with Crippen molar-refractivity contribution >= 4 is 0 Å². The van der Waals surface area contributed by atoms with Crippen LogP contribution in [-0.2, 0) is 11.2 Å². The van der Waals surface area contributed by atoms with E-state index < -0.39 is 5.82 Å². The van der Waals surface area contributed by atoms with Crippen LogP contribution in [0.25, 0.3) is 0 Å². The minimum absolute atomic E-state index is 0.0507. The highest BCUT2D eigenvalue weighted by atomic mass is 19.1. The lowest BCUT2D eigenvalue weighted by Crippen LogP contribution is -2.44. The lowest BCUT2D eigenvalue weighted by atomic mass is 9.88. The van der Waals surface area contributed by atoms with Crippen molar-refractivity contribution in [2.24, 2.45) is 11.8 Å². The minimum Gasteiger partial charge on any atom is -0.381 e. The minimum atomic E-state index is -0.422. The molecule has 1 unspecified atom stereocenters. The molecule has 2 rings (SSSR count). The summed E-state index contributed by atoms with van der Waals surface area (Å²) in [6.07, 6.45) is 2.18. The molecule has 0 aromatic heterocycles. The van der Waals surface area contributed by atoms with E-state index in [1.54, 1.807) is 0 Å². The van der Waals surface area contributed by atoms with Crippen LogP contribution >= 0.6 is 0 Å². The Morgan fingerprint density at radius 1 is 1.33 bits per heavy atom. The molecule has 18 heavy (non-hydrogen) atoms. The number of nitrogens with one attached hydrogen (secondary N) is 1. The summed E-state index contributed by atoms with van der Waals surface area (Å²) in [6, 6.07) is 3.46. The molecule has 1 saturated heterocycles. The molecule has 0 bridgehead atoms. The van der Waals surface area contributed by atoms with Crippen LogP contribution in [0.2, 0.25) is 0 Å². The van der Waals surface area contributed by atoms with E-state index in [1.165, 1.54) is 6.07 Å². The maximum atomic E-state index is 13.6. The number of hydrogen-bond acceptors (Lipinski definition) is 3. The third-order valence-electron chi connectivity index (χ3n) is 3.50. The molecule has 1 aromatic rings. The number of hydrazine groups is 1. The maximum Gasteiger partial charge on any atom is 0.126 e. The average molecular weight is 256 g/mol. The van der Waals surface area contributed by atoms with Gasteiger partial charge in [-0.3, -0.25) is 11.3 Å². The van der Waals surface area contributed by atoms with Crippen LogP contribution in [0, 0.1) is 17.6 Å². The van der Waals surface area contributed by atoms with Crippen molar-refractivity contribution in [3.63, 3.8) is 0 Å². The summed E-state index contributed by atoms with van der Waals surface area (Å²) < 4.78 is 32.0. The van der Waals surface area contributed by atoms with Gasteiger partial charge in [-0.15, -0.1) is 0 Å². The first-order valence-corrected chi connectivity index (χ1v) is 6.18. The van der Waals surface area contributed by atoms with Crippen molar-refractivity contribution in [3.8, 4) is 0 Å². The van der Waals surface area contributed by atoms with Gasteiger partial charge in [-0.1, -0.05) is 0 Å². The van der Waals surface area contributed by atoms with E-state index in [4.69, 9.17) is 10.6 Å². The average Bonchev–Trinajstić information content (AvgIpc) is 2.41. The predicted molar refractivity (Wildman–Crippen MR) is 64.7 cm³/mol. The van der Waals surface area contributed by atoms with Crippen LogP contribution in [0.4, 0.5) is 8.78 Å². The van der Waals surface area contributed by atoms with Gasteiger partial charge in [0.15, 0.2) is 0 Å². The van der Waals surface area contributed by atoms with Crippen LogP contribution < -0.4 is 11.3 Å². The number of nitrogens with two attached hydrogens (primary N) is 1. The van der Waals surface area contributed by atoms with Gasteiger partial charge < -0.3 is 4.74 Å². The van der Waals surface area contributed by atoms with Crippen LogP contribution in [0.1, 0.15) is 18.4 Å². The quantitative estimate of drug-likeness (QED) is 0.637. The first kappa shape index (κ1) is 13.4. The number of halogens is 2. The summed E-state index contributed by atoms with van der Waals surface area (Å²) in [5, 5.41) is 0. The molecule has 0 amide bonds. The Balaban J connectivity index is 2.06. The van der Waals surface area contributed by atoms with Gasteiger partial charge in [-0.25, -0.2) is 8.78 Å². The van der Waals surface area contributed by atoms with Crippen molar-refractivity contribution in [2.75, 3.05) is 13.2 Å². The monoisotopic (exact) mass is 256 g/mol. The second kappa shape index (κ2) is 6.22. The Hall–Kier alpha value is -1.04. The third-order valence-corrected chi connectivity index (χ3v) is 3.50. The van der Waals surface area contributed by atoms with Gasteiger partial charge in [0.25, 0.3) is 0 Å². The molecular weight excluding hydrogens is 238 g/mol. The normalized spacial score (nSPS) is 18.8. The number of ether oxygens (including phenoxy) is 1. The Morgan fingerprint density at radius 2 is 2.06 bits per heavy atom. The lowest BCUT2D eigenvalue weighted by molar-refractivity contribution is 0.0537. The van der Waals surface area contributed by atoms with E-state index in [0.717, 1.165) is 25.0 Å². The van der Waals surface area contributed by atoms with Gasteiger partial charge in [0.1, 0.15) is 11.6 Å². The molecule has 1 aliphatic heterocycles. The summed E-state index contributed by atoms with van der Waals surface area (Å²) in [4.78, 5) is 0.